The van der Waals surface area contributed by atoms with Gasteiger partial charge in [0.05, 0.1) is 4.90 Å². The van der Waals surface area contributed by atoms with Crippen molar-refractivity contribution in [3.05, 3.63) is 24.3 Å². The number of benzene rings is 1. The van der Waals surface area contributed by atoms with Gasteiger partial charge in [0.25, 0.3) is 0 Å². The van der Waals surface area contributed by atoms with E-state index in [-0.39, 0.29) is 17.4 Å². The Hall–Kier alpha value is -1.09. The lowest BCUT2D eigenvalue weighted by atomic mass is 10.3. The number of carbonyl (C=O) groups excluding carboxylic acids is 1. The van der Waals surface area contributed by atoms with Crippen LogP contribution in [0.15, 0.2) is 29.2 Å². The minimum absolute atomic E-state index is 0.152. The van der Waals surface area contributed by atoms with E-state index in [4.69, 9.17) is 5.11 Å². The van der Waals surface area contributed by atoms with Crippen molar-refractivity contribution in [1.29, 1.82) is 0 Å². The molecular formula is C13H20N2O4S2. The summed E-state index contributed by atoms with van der Waals surface area (Å²) in [6.07, 6.45) is 0.710. The number of thioether (sulfide) groups is 1. The molecule has 0 fully saturated rings. The summed E-state index contributed by atoms with van der Waals surface area (Å²) in [5.74, 6) is 1.26. The highest BCUT2D eigenvalue weighted by atomic mass is 32.2. The van der Waals surface area contributed by atoms with Crippen LogP contribution in [-0.2, 0) is 14.8 Å². The Bertz CT molecular complexity index is 544. The van der Waals surface area contributed by atoms with Gasteiger partial charge in [0.15, 0.2) is 0 Å². The molecule has 0 radical (unpaired) electrons. The molecule has 0 aromatic heterocycles. The lowest BCUT2D eigenvalue weighted by molar-refractivity contribution is -0.114. The van der Waals surface area contributed by atoms with Gasteiger partial charge in [-0.25, -0.2) is 13.1 Å². The molecular weight excluding hydrogens is 312 g/mol. The van der Waals surface area contributed by atoms with E-state index in [9.17, 15) is 13.2 Å². The van der Waals surface area contributed by atoms with Crippen molar-refractivity contribution in [2.24, 2.45) is 0 Å². The van der Waals surface area contributed by atoms with Gasteiger partial charge in [0.2, 0.25) is 15.9 Å². The number of rotatable bonds is 9. The standard InChI is InChI=1S/C13H20N2O4S2/c1-11(17)15-12-3-5-13(6-4-12)21(18,19)14-7-10-20-9-2-8-16/h3-6,14,16H,2,7-10H2,1H3,(H,15,17). The summed E-state index contributed by atoms with van der Waals surface area (Å²) in [7, 11) is -3.52. The number of anilines is 1. The maximum Gasteiger partial charge on any atom is 0.240 e. The Morgan fingerprint density at radius 1 is 1.24 bits per heavy atom. The van der Waals surface area contributed by atoms with Crippen molar-refractivity contribution in [2.45, 2.75) is 18.2 Å². The first kappa shape index (κ1) is 18.0. The van der Waals surface area contributed by atoms with E-state index < -0.39 is 10.0 Å². The molecule has 1 aromatic carbocycles. The number of hydrogen-bond donors (Lipinski definition) is 3. The zero-order valence-electron chi connectivity index (χ0n) is 11.8. The second kappa shape index (κ2) is 9.04. The predicted octanol–water partition coefficient (Wildman–Crippen LogP) is 1.04. The molecule has 1 rings (SSSR count). The van der Waals surface area contributed by atoms with Gasteiger partial charge in [-0.05, 0) is 36.4 Å². The third-order valence-electron chi connectivity index (χ3n) is 2.47. The monoisotopic (exact) mass is 332 g/mol. The van der Waals surface area contributed by atoms with E-state index in [1.165, 1.54) is 19.1 Å². The third-order valence-corrected chi connectivity index (χ3v) is 5.02. The van der Waals surface area contributed by atoms with Crippen molar-refractivity contribution in [2.75, 3.05) is 30.0 Å². The van der Waals surface area contributed by atoms with E-state index in [0.29, 0.717) is 24.4 Å². The predicted molar refractivity (Wildman–Crippen MR) is 85.0 cm³/mol. The smallest absolute Gasteiger partial charge is 0.240 e. The number of aliphatic hydroxyl groups is 1. The molecule has 0 aliphatic heterocycles. The molecule has 21 heavy (non-hydrogen) atoms. The van der Waals surface area contributed by atoms with Crippen LogP contribution in [-0.4, -0.2) is 44.1 Å². The van der Waals surface area contributed by atoms with Crippen LogP contribution in [0.3, 0.4) is 0 Å². The second-order valence-electron chi connectivity index (χ2n) is 4.29. The molecule has 0 unspecified atom stereocenters. The molecule has 0 atom stereocenters. The molecule has 0 aliphatic rings. The maximum atomic E-state index is 12.0. The number of aliphatic hydroxyl groups excluding tert-OH is 1. The molecule has 8 heteroatoms. The average Bonchev–Trinajstić information content (AvgIpc) is 2.42. The fourth-order valence-electron chi connectivity index (χ4n) is 1.52. The van der Waals surface area contributed by atoms with Crippen molar-refractivity contribution >= 4 is 33.4 Å². The van der Waals surface area contributed by atoms with Crippen molar-refractivity contribution in [3.63, 3.8) is 0 Å². The fraction of sp³-hybridized carbons (Fsp3) is 0.462. The largest absolute Gasteiger partial charge is 0.396 e. The van der Waals surface area contributed by atoms with Gasteiger partial charge in [-0.2, -0.15) is 11.8 Å². The lowest BCUT2D eigenvalue weighted by Gasteiger charge is -2.08. The van der Waals surface area contributed by atoms with E-state index in [0.717, 1.165) is 5.75 Å². The second-order valence-corrected chi connectivity index (χ2v) is 7.28. The zero-order chi connectivity index (χ0) is 15.7. The Labute approximate surface area is 129 Å². The van der Waals surface area contributed by atoms with E-state index in [2.05, 4.69) is 10.0 Å². The van der Waals surface area contributed by atoms with E-state index in [1.807, 2.05) is 0 Å². The Balaban J connectivity index is 2.48. The summed E-state index contributed by atoms with van der Waals surface area (Å²) in [5.41, 5.74) is 0.556. The Morgan fingerprint density at radius 3 is 2.48 bits per heavy atom. The van der Waals surface area contributed by atoms with Gasteiger partial charge in [-0.15, -0.1) is 0 Å². The Kier molecular flexibility index (Phi) is 7.73. The molecule has 1 aromatic rings. The number of sulfonamides is 1. The summed E-state index contributed by atoms with van der Waals surface area (Å²) in [5, 5.41) is 11.2. The third kappa shape index (κ3) is 6.94. The zero-order valence-corrected chi connectivity index (χ0v) is 13.5. The average molecular weight is 332 g/mol. The van der Waals surface area contributed by atoms with Crippen LogP contribution in [0.2, 0.25) is 0 Å². The van der Waals surface area contributed by atoms with Crippen molar-refractivity contribution in [3.8, 4) is 0 Å². The maximum absolute atomic E-state index is 12.0. The summed E-state index contributed by atoms with van der Waals surface area (Å²) >= 11 is 1.59. The topological polar surface area (TPSA) is 95.5 Å². The van der Waals surface area contributed by atoms with Crippen LogP contribution >= 0.6 is 11.8 Å². The molecule has 0 saturated carbocycles. The minimum Gasteiger partial charge on any atom is -0.396 e. The summed E-state index contributed by atoms with van der Waals surface area (Å²) < 4.78 is 26.5. The summed E-state index contributed by atoms with van der Waals surface area (Å²) in [4.78, 5) is 11.0. The fourth-order valence-corrected chi connectivity index (χ4v) is 3.47. The van der Waals surface area contributed by atoms with E-state index in [1.54, 1.807) is 23.9 Å². The summed E-state index contributed by atoms with van der Waals surface area (Å²) in [6, 6.07) is 6.00. The molecule has 0 saturated heterocycles. The van der Waals surface area contributed by atoms with Crippen LogP contribution in [0.25, 0.3) is 0 Å². The van der Waals surface area contributed by atoms with Gasteiger partial charge in [0, 0.05) is 31.5 Å². The van der Waals surface area contributed by atoms with Crippen LogP contribution in [0.5, 0.6) is 0 Å². The minimum atomic E-state index is -3.52. The van der Waals surface area contributed by atoms with Crippen molar-refractivity contribution in [1.82, 2.24) is 4.72 Å². The molecule has 118 valence electrons. The molecule has 1 amide bonds. The van der Waals surface area contributed by atoms with Gasteiger partial charge >= 0.3 is 0 Å². The first-order chi connectivity index (χ1) is 9.95. The number of carbonyl (C=O) groups is 1. The number of amides is 1. The normalized spacial score (nSPS) is 11.3. The highest BCUT2D eigenvalue weighted by Gasteiger charge is 2.12. The van der Waals surface area contributed by atoms with Crippen LogP contribution < -0.4 is 10.0 Å². The first-order valence-corrected chi connectivity index (χ1v) is 9.15. The van der Waals surface area contributed by atoms with Crippen LogP contribution in [0.4, 0.5) is 5.69 Å². The van der Waals surface area contributed by atoms with Gasteiger partial charge in [-0.3, -0.25) is 4.79 Å². The highest BCUT2D eigenvalue weighted by Crippen LogP contribution is 2.14. The number of nitrogens with one attached hydrogen (secondary N) is 2. The van der Waals surface area contributed by atoms with Gasteiger partial charge < -0.3 is 10.4 Å². The molecule has 0 spiro atoms. The highest BCUT2D eigenvalue weighted by molar-refractivity contribution is 7.99. The van der Waals surface area contributed by atoms with Gasteiger partial charge in [-0.1, -0.05) is 0 Å². The van der Waals surface area contributed by atoms with Crippen molar-refractivity contribution < 1.29 is 18.3 Å². The first-order valence-electron chi connectivity index (χ1n) is 6.51. The van der Waals surface area contributed by atoms with Crippen LogP contribution in [0.1, 0.15) is 13.3 Å². The molecule has 0 bridgehead atoms. The number of hydrogen-bond acceptors (Lipinski definition) is 5. The molecule has 3 N–H and O–H groups in total. The molecule has 6 nitrogen and oxygen atoms in total. The quantitative estimate of drug-likeness (QED) is 0.587. The SMILES string of the molecule is CC(=O)Nc1ccc(S(=O)(=O)NCCSCCCO)cc1. The summed E-state index contributed by atoms with van der Waals surface area (Å²) in [6.45, 7) is 1.88. The van der Waals surface area contributed by atoms with E-state index >= 15 is 0 Å². The lowest BCUT2D eigenvalue weighted by Crippen LogP contribution is -2.26. The molecule has 0 aliphatic carbocycles. The van der Waals surface area contributed by atoms with Crippen LogP contribution in [0, 0.1) is 0 Å². The Morgan fingerprint density at radius 2 is 1.90 bits per heavy atom. The molecule has 0 heterocycles. The van der Waals surface area contributed by atoms with Gasteiger partial charge in [0.1, 0.15) is 0 Å².